The van der Waals surface area contributed by atoms with Gasteiger partial charge in [0.2, 0.25) is 0 Å². The van der Waals surface area contributed by atoms with E-state index >= 15 is 0 Å². The van der Waals surface area contributed by atoms with Crippen LogP contribution in [0.2, 0.25) is 0 Å². The van der Waals surface area contributed by atoms with Crippen LogP contribution >= 0.6 is 0 Å². The number of hydrogen-bond donors (Lipinski definition) is 1. The van der Waals surface area contributed by atoms with E-state index in [9.17, 15) is 14.5 Å². The molecule has 0 aromatic heterocycles. The fourth-order valence-electron chi connectivity index (χ4n) is 0.713. The Morgan fingerprint density at radius 3 is 2.64 bits per heavy atom. The van der Waals surface area contributed by atoms with Crippen molar-refractivity contribution in [3.63, 3.8) is 0 Å². The van der Waals surface area contributed by atoms with E-state index in [-0.39, 0.29) is 19.7 Å². The minimum Gasteiger partial charge on any atom is -0.463 e. The molecule has 0 bridgehead atoms. The first-order valence-electron chi connectivity index (χ1n) is 4.00. The zero-order chi connectivity index (χ0) is 11.0. The second-order valence-corrected chi connectivity index (χ2v) is 2.65. The smallest absolute Gasteiger partial charge is 0.319 e. The number of nitrogens with zero attached hydrogens (tertiary/aromatic N) is 2. The Balaban J connectivity index is 3.53. The van der Waals surface area contributed by atoms with Gasteiger partial charge in [0.1, 0.15) is 6.61 Å². The predicted octanol–water partition coefficient (Wildman–Crippen LogP) is -1.29. The summed E-state index contributed by atoms with van der Waals surface area (Å²) in [6.45, 7) is 0.244. The highest BCUT2D eigenvalue weighted by molar-refractivity contribution is 5.78. The number of rotatable bonds is 6. The summed E-state index contributed by atoms with van der Waals surface area (Å²) in [6.07, 6.45) is 0. The number of carbonyl (C=O) groups excluding carboxylic acids is 2. The third-order valence-electron chi connectivity index (χ3n) is 1.41. The van der Waals surface area contributed by atoms with Gasteiger partial charge in [-0.15, -0.1) is 4.91 Å². The number of esters is 1. The van der Waals surface area contributed by atoms with Crippen LogP contribution in [-0.2, 0) is 14.3 Å². The van der Waals surface area contributed by atoms with Gasteiger partial charge in [0.15, 0.2) is 0 Å². The number of carbonyl (C=O) groups is 2. The molecule has 0 saturated carbocycles. The molecular weight excluding hydrogens is 190 g/mol. The molecule has 1 amide bonds. The normalized spacial score (nSPS) is 9.93. The van der Waals surface area contributed by atoms with Crippen molar-refractivity contribution in [2.45, 2.75) is 0 Å². The van der Waals surface area contributed by atoms with E-state index in [2.05, 4.69) is 9.91 Å². The molecule has 0 aliphatic carbocycles. The Morgan fingerprint density at radius 1 is 1.50 bits per heavy atom. The van der Waals surface area contributed by atoms with Crippen LogP contribution in [0.15, 0.2) is 5.18 Å². The maximum atomic E-state index is 10.6. The summed E-state index contributed by atoms with van der Waals surface area (Å²) in [5, 5.41) is 2.23. The summed E-state index contributed by atoms with van der Waals surface area (Å²) in [5.41, 5.74) is 4.99. The Bertz CT molecular complexity index is 219. The molecule has 2 N–H and O–H groups in total. The van der Waals surface area contributed by atoms with Crippen molar-refractivity contribution in [2.75, 3.05) is 33.3 Å². The number of hydrogen-bond acceptors (Lipinski definition) is 6. The van der Waals surface area contributed by atoms with Crippen LogP contribution in [0.5, 0.6) is 0 Å². The van der Waals surface area contributed by atoms with Gasteiger partial charge >= 0.3 is 5.97 Å². The highest BCUT2D eigenvalue weighted by Gasteiger charge is 2.06. The summed E-state index contributed by atoms with van der Waals surface area (Å²) in [5.74, 6) is -1.25. The van der Waals surface area contributed by atoms with Crippen LogP contribution in [-0.4, -0.2) is 50.1 Å². The largest absolute Gasteiger partial charge is 0.463 e. The van der Waals surface area contributed by atoms with E-state index < -0.39 is 11.9 Å². The molecule has 0 aromatic rings. The second kappa shape index (κ2) is 7.10. The van der Waals surface area contributed by atoms with Crippen molar-refractivity contribution in [1.82, 2.24) is 4.90 Å². The molecule has 0 atom stereocenters. The minimum absolute atomic E-state index is 0.0797. The lowest BCUT2D eigenvalue weighted by atomic mass is 10.5. The highest BCUT2D eigenvalue weighted by atomic mass is 16.5. The van der Waals surface area contributed by atoms with Gasteiger partial charge in [-0.3, -0.25) is 14.5 Å². The maximum absolute atomic E-state index is 10.6. The van der Waals surface area contributed by atoms with Gasteiger partial charge in [0, 0.05) is 11.7 Å². The molecule has 0 aliphatic heterocycles. The monoisotopic (exact) mass is 203 g/mol. The molecule has 0 spiro atoms. The Labute approximate surface area is 81.2 Å². The van der Waals surface area contributed by atoms with E-state index in [1.807, 2.05) is 0 Å². The zero-order valence-corrected chi connectivity index (χ0v) is 7.93. The van der Waals surface area contributed by atoms with E-state index in [0.717, 1.165) is 0 Å². The van der Waals surface area contributed by atoms with Crippen molar-refractivity contribution in [1.29, 1.82) is 0 Å². The first kappa shape index (κ1) is 12.7. The van der Waals surface area contributed by atoms with Gasteiger partial charge in [-0.2, -0.15) is 0 Å². The topological polar surface area (TPSA) is 102 Å². The van der Waals surface area contributed by atoms with Crippen molar-refractivity contribution < 1.29 is 14.3 Å². The van der Waals surface area contributed by atoms with Crippen LogP contribution in [0.25, 0.3) is 0 Å². The summed E-state index contributed by atoms with van der Waals surface area (Å²) in [4.78, 5) is 32.4. The molecule has 0 rings (SSSR count). The van der Waals surface area contributed by atoms with Crippen LogP contribution in [0.4, 0.5) is 0 Å². The predicted molar refractivity (Wildman–Crippen MR) is 48.3 cm³/mol. The van der Waals surface area contributed by atoms with Crippen molar-refractivity contribution in [2.24, 2.45) is 10.9 Å². The molecule has 0 saturated heterocycles. The number of nitroso groups, excluding NO2 is 1. The molecule has 80 valence electrons. The minimum atomic E-state index is -0.752. The third kappa shape index (κ3) is 6.21. The first-order chi connectivity index (χ1) is 6.60. The van der Waals surface area contributed by atoms with E-state index in [1.165, 1.54) is 4.90 Å². The van der Waals surface area contributed by atoms with Crippen LogP contribution in [0.3, 0.4) is 0 Å². The van der Waals surface area contributed by atoms with Crippen LogP contribution in [0.1, 0.15) is 0 Å². The summed E-state index contributed by atoms with van der Waals surface area (Å²) in [7, 11) is 1.61. The van der Waals surface area contributed by atoms with Crippen LogP contribution in [0, 0.1) is 4.91 Å². The molecule has 7 heteroatoms. The van der Waals surface area contributed by atoms with Gasteiger partial charge < -0.3 is 10.5 Å². The van der Waals surface area contributed by atoms with Gasteiger partial charge in [0.25, 0.3) is 5.91 Å². The molecule has 0 aromatic carbocycles. The SMILES string of the molecule is CN(CCOC(=O)CN)CC(=O)N=O. The number of ether oxygens (including phenoxy) is 1. The number of nitrogens with two attached hydrogens (primary N) is 1. The van der Waals surface area contributed by atoms with E-state index in [0.29, 0.717) is 6.54 Å². The molecule has 0 radical (unpaired) electrons. The average Bonchev–Trinajstić information content (AvgIpc) is 2.17. The molecule has 0 aliphatic rings. The molecule has 7 nitrogen and oxygen atoms in total. The lowest BCUT2D eigenvalue weighted by Crippen LogP contribution is -2.30. The lowest BCUT2D eigenvalue weighted by Gasteiger charge is -2.13. The van der Waals surface area contributed by atoms with Crippen LogP contribution < -0.4 is 5.73 Å². The van der Waals surface area contributed by atoms with Crippen molar-refractivity contribution >= 4 is 11.9 Å². The van der Waals surface area contributed by atoms with Crippen molar-refractivity contribution in [3.8, 4) is 0 Å². The quantitative estimate of drug-likeness (QED) is 0.425. The maximum Gasteiger partial charge on any atom is 0.319 e. The molecule has 0 heterocycles. The van der Waals surface area contributed by atoms with Gasteiger partial charge in [-0.1, -0.05) is 0 Å². The van der Waals surface area contributed by atoms with Gasteiger partial charge in [0.05, 0.1) is 13.1 Å². The highest BCUT2D eigenvalue weighted by Crippen LogP contribution is 1.86. The standard InChI is InChI=1S/C7H13N3O4/c1-10(5-6(11)9-13)2-3-14-7(12)4-8/h2-5,8H2,1H3. The second-order valence-electron chi connectivity index (χ2n) is 2.65. The number of amides is 1. The summed E-state index contributed by atoms with van der Waals surface area (Å²) in [6, 6.07) is 0. The third-order valence-corrected chi connectivity index (χ3v) is 1.41. The Kier molecular flexibility index (Phi) is 6.42. The van der Waals surface area contributed by atoms with Gasteiger partial charge in [-0.05, 0) is 7.05 Å². The fourth-order valence-corrected chi connectivity index (χ4v) is 0.713. The van der Waals surface area contributed by atoms with E-state index in [4.69, 9.17) is 5.73 Å². The van der Waals surface area contributed by atoms with Gasteiger partial charge in [-0.25, -0.2) is 0 Å². The molecule has 0 fully saturated rings. The Morgan fingerprint density at radius 2 is 2.14 bits per heavy atom. The Hall–Kier alpha value is -1.34. The zero-order valence-electron chi connectivity index (χ0n) is 7.93. The van der Waals surface area contributed by atoms with Crippen molar-refractivity contribution in [3.05, 3.63) is 4.91 Å². The average molecular weight is 203 g/mol. The lowest BCUT2D eigenvalue weighted by molar-refractivity contribution is -0.142. The summed E-state index contributed by atoms with van der Waals surface area (Å²) < 4.78 is 4.65. The number of likely N-dealkylation sites (N-methyl/N-ethyl adjacent to an activating group) is 1. The van der Waals surface area contributed by atoms with E-state index in [1.54, 1.807) is 7.05 Å². The fraction of sp³-hybridized carbons (Fsp3) is 0.714. The molecular formula is C7H13N3O4. The summed E-state index contributed by atoms with van der Waals surface area (Å²) >= 11 is 0. The first-order valence-corrected chi connectivity index (χ1v) is 4.00. The molecule has 0 unspecified atom stereocenters. The molecule has 14 heavy (non-hydrogen) atoms.